The first-order valence-corrected chi connectivity index (χ1v) is 4.75. The molecule has 0 fully saturated rings. The zero-order valence-corrected chi connectivity index (χ0v) is 9.07. The van der Waals surface area contributed by atoms with Crippen molar-refractivity contribution >= 4 is 11.6 Å². The average molecular weight is 292 g/mol. The van der Waals surface area contributed by atoms with Crippen molar-refractivity contribution in [2.75, 3.05) is 0 Å². The first-order chi connectivity index (χ1) is 8.05. The smallest absolute Gasteiger partial charge is 0.166 e. The van der Waals surface area contributed by atoms with Gasteiger partial charge < -0.3 is 0 Å². The quantitative estimate of drug-likeness (QED) is 0.335. The van der Waals surface area contributed by atoms with Gasteiger partial charge in [0.2, 0.25) is 0 Å². The van der Waals surface area contributed by atoms with E-state index in [1.165, 1.54) is 0 Å². The number of nitrogens with zero attached hydrogens (tertiary/aromatic N) is 1. The normalized spacial score (nSPS) is 14.4. The monoisotopic (exact) mass is 291 g/mol. The number of hydrogen-bond acceptors (Lipinski definition) is 2. The fourth-order valence-electron chi connectivity index (χ4n) is 1.18. The molecule has 9 heteroatoms. The predicted octanol–water partition coefficient (Wildman–Crippen LogP) is 4.73. The van der Waals surface area contributed by atoms with Crippen LogP contribution in [0, 0.1) is 4.91 Å². The SMILES string of the molecule is O=NC(Cl)c1cc(C(F)(F)F)cc(C(F)(F)F)c1. The highest BCUT2D eigenvalue weighted by atomic mass is 35.5. The standard InChI is InChI=1S/C9H4ClF6NO/c10-7(17-18)4-1-5(8(11,12)13)3-6(2-4)9(14,15)16/h1-3,7H. The van der Waals surface area contributed by atoms with Gasteiger partial charge in [-0.3, -0.25) is 0 Å². The van der Waals surface area contributed by atoms with E-state index in [1.54, 1.807) is 0 Å². The van der Waals surface area contributed by atoms with Crippen LogP contribution < -0.4 is 0 Å². The number of nitroso groups, excluding NO2 is 1. The van der Waals surface area contributed by atoms with Crippen LogP contribution >= 0.6 is 11.6 Å². The van der Waals surface area contributed by atoms with E-state index in [0.29, 0.717) is 12.1 Å². The van der Waals surface area contributed by atoms with Crippen LogP contribution in [0.4, 0.5) is 26.3 Å². The number of alkyl halides is 7. The maximum absolute atomic E-state index is 12.4. The van der Waals surface area contributed by atoms with E-state index in [4.69, 9.17) is 11.6 Å². The highest BCUT2D eigenvalue weighted by molar-refractivity contribution is 6.20. The summed E-state index contributed by atoms with van der Waals surface area (Å²) in [5.74, 6) is 0. The molecule has 0 aliphatic rings. The van der Waals surface area contributed by atoms with Crippen molar-refractivity contribution in [3.05, 3.63) is 39.8 Å². The Bertz CT molecular complexity index is 423. The summed E-state index contributed by atoms with van der Waals surface area (Å²) in [5.41, 5.74) is -5.55. The van der Waals surface area contributed by atoms with Crippen molar-refractivity contribution in [3.63, 3.8) is 0 Å². The van der Waals surface area contributed by atoms with Gasteiger partial charge in [0, 0.05) is 0 Å². The first-order valence-electron chi connectivity index (χ1n) is 4.31. The van der Waals surface area contributed by atoms with Crippen molar-refractivity contribution in [2.24, 2.45) is 5.18 Å². The van der Waals surface area contributed by atoms with Gasteiger partial charge in [0.1, 0.15) is 0 Å². The van der Waals surface area contributed by atoms with Crippen LogP contribution in [0.15, 0.2) is 23.4 Å². The molecule has 0 saturated heterocycles. The minimum absolute atomic E-state index is 0.0576. The van der Waals surface area contributed by atoms with E-state index >= 15 is 0 Å². The molecule has 0 amide bonds. The molecule has 1 unspecified atom stereocenters. The molecule has 2 nitrogen and oxygen atoms in total. The average Bonchev–Trinajstić information content (AvgIpc) is 2.25. The third-order valence-electron chi connectivity index (χ3n) is 1.98. The molecule has 0 aliphatic heterocycles. The number of benzene rings is 1. The van der Waals surface area contributed by atoms with Crippen LogP contribution in [-0.4, -0.2) is 0 Å². The van der Waals surface area contributed by atoms with Gasteiger partial charge in [-0.15, -0.1) is 4.91 Å². The lowest BCUT2D eigenvalue weighted by atomic mass is 10.0. The molecule has 0 radical (unpaired) electrons. The fraction of sp³-hybridized carbons (Fsp3) is 0.333. The largest absolute Gasteiger partial charge is 0.416 e. The van der Waals surface area contributed by atoms with Crippen molar-refractivity contribution in [2.45, 2.75) is 17.9 Å². The van der Waals surface area contributed by atoms with Crippen LogP contribution in [0.2, 0.25) is 0 Å². The molecule has 0 aromatic heterocycles. The first kappa shape index (κ1) is 14.7. The summed E-state index contributed by atoms with van der Waals surface area (Å²) in [7, 11) is 0. The molecule has 0 bridgehead atoms. The summed E-state index contributed by atoms with van der Waals surface area (Å²) in [4.78, 5) is 10.1. The molecule has 1 aromatic rings. The lowest BCUT2D eigenvalue weighted by Crippen LogP contribution is -2.12. The summed E-state index contributed by atoms with van der Waals surface area (Å²) in [5, 5.41) is 2.19. The lowest BCUT2D eigenvalue weighted by Gasteiger charge is -2.14. The molecular formula is C9H4ClF6NO. The van der Waals surface area contributed by atoms with Gasteiger partial charge in [-0.25, -0.2) is 0 Å². The van der Waals surface area contributed by atoms with Crippen LogP contribution in [0.25, 0.3) is 0 Å². The van der Waals surface area contributed by atoms with Crippen LogP contribution in [0.5, 0.6) is 0 Å². The second-order valence-electron chi connectivity index (χ2n) is 3.28. The Kier molecular flexibility index (Phi) is 3.89. The third kappa shape index (κ3) is 3.34. The zero-order chi connectivity index (χ0) is 14.1. The topological polar surface area (TPSA) is 29.4 Å². The molecule has 1 atom stereocenters. The minimum Gasteiger partial charge on any atom is -0.166 e. The Morgan fingerprint density at radius 2 is 1.33 bits per heavy atom. The van der Waals surface area contributed by atoms with Crippen LogP contribution in [0.3, 0.4) is 0 Å². The highest BCUT2D eigenvalue weighted by Gasteiger charge is 2.37. The summed E-state index contributed by atoms with van der Waals surface area (Å²) in [6.07, 6.45) is -9.95. The van der Waals surface area contributed by atoms with Gasteiger partial charge in [0.25, 0.3) is 0 Å². The van der Waals surface area contributed by atoms with Gasteiger partial charge in [-0.05, 0) is 28.9 Å². The van der Waals surface area contributed by atoms with Crippen molar-refractivity contribution in [1.29, 1.82) is 0 Å². The Hall–Kier alpha value is -1.31. The zero-order valence-electron chi connectivity index (χ0n) is 8.31. The number of halogens is 7. The highest BCUT2D eigenvalue weighted by Crippen LogP contribution is 2.38. The maximum atomic E-state index is 12.4. The van der Waals surface area contributed by atoms with E-state index in [0.717, 1.165) is 0 Å². The van der Waals surface area contributed by atoms with Crippen LogP contribution in [0.1, 0.15) is 22.2 Å². The van der Waals surface area contributed by atoms with Crippen LogP contribution in [-0.2, 0) is 12.4 Å². The third-order valence-corrected chi connectivity index (χ3v) is 2.31. The summed E-state index contributed by atoms with van der Waals surface area (Å²) in [6, 6.07) is 0.653. The number of rotatable bonds is 2. The second-order valence-corrected chi connectivity index (χ2v) is 3.69. The lowest BCUT2D eigenvalue weighted by molar-refractivity contribution is -0.143. The van der Waals surface area contributed by atoms with Gasteiger partial charge in [0.15, 0.2) is 5.50 Å². The molecule has 0 saturated carbocycles. The number of hydrogen-bond donors (Lipinski definition) is 0. The maximum Gasteiger partial charge on any atom is 0.416 e. The molecule has 1 aromatic carbocycles. The van der Waals surface area contributed by atoms with E-state index in [1.807, 2.05) is 0 Å². The molecular weight excluding hydrogens is 288 g/mol. The molecule has 0 aliphatic carbocycles. The Morgan fingerprint density at radius 1 is 0.944 bits per heavy atom. The van der Waals surface area contributed by atoms with Crippen molar-refractivity contribution in [1.82, 2.24) is 0 Å². The molecule has 0 heterocycles. The van der Waals surface area contributed by atoms with E-state index in [-0.39, 0.29) is 6.07 Å². The van der Waals surface area contributed by atoms with Gasteiger partial charge in [0.05, 0.1) is 11.1 Å². The van der Waals surface area contributed by atoms with Gasteiger partial charge >= 0.3 is 12.4 Å². The summed E-state index contributed by atoms with van der Waals surface area (Å²) in [6.45, 7) is 0. The Morgan fingerprint density at radius 3 is 1.61 bits per heavy atom. The summed E-state index contributed by atoms with van der Waals surface area (Å²) >= 11 is 5.22. The predicted molar refractivity (Wildman–Crippen MR) is 50.8 cm³/mol. The molecule has 100 valence electrons. The second kappa shape index (κ2) is 4.75. The Labute approximate surface area is 102 Å². The molecule has 0 N–H and O–H groups in total. The Balaban J connectivity index is 3.43. The van der Waals surface area contributed by atoms with Gasteiger partial charge in [-0.2, -0.15) is 26.3 Å². The molecule has 0 spiro atoms. The van der Waals surface area contributed by atoms with E-state index in [9.17, 15) is 31.2 Å². The molecule has 1 rings (SSSR count). The molecule has 18 heavy (non-hydrogen) atoms. The minimum atomic E-state index is -4.98. The summed E-state index contributed by atoms with van der Waals surface area (Å²) < 4.78 is 74.3. The van der Waals surface area contributed by atoms with Gasteiger partial charge in [-0.1, -0.05) is 11.6 Å². The van der Waals surface area contributed by atoms with Crippen molar-refractivity contribution < 1.29 is 26.3 Å². The fourth-order valence-corrected chi connectivity index (χ4v) is 1.30. The van der Waals surface area contributed by atoms with Crippen molar-refractivity contribution in [3.8, 4) is 0 Å². The van der Waals surface area contributed by atoms with E-state index in [2.05, 4.69) is 5.18 Å². The van der Waals surface area contributed by atoms with E-state index < -0.39 is 34.5 Å².